The van der Waals surface area contributed by atoms with E-state index < -0.39 is 23.5 Å². The quantitative estimate of drug-likeness (QED) is 0.159. The zero-order chi connectivity index (χ0) is 32.3. The zero-order valence-corrected chi connectivity index (χ0v) is 25.8. The molecule has 12 heteroatoms. The summed E-state index contributed by atoms with van der Waals surface area (Å²) in [6.07, 6.45) is -1.25. The van der Waals surface area contributed by atoms with Gasteiger partial charge in [0, 0.05) is 44.8 Å². The summed E-state index contributed by atoms with van der Waals surface area (Å²) in [6, 6.07) is 19.6. The van der Waals surface area contributed by atoms with Gasteiger partial charge in [0.15, 0.2) is 16.6 Å². The highest BCUT2D eigenvalue weighted by atomic mass is 32.1. The third-order valence-electron chi connectivity index (χ3n) is 8.56. The SMILES string of the molecule is O=C(Cc1ccc(N[C@H]2CCN(C(=O)Cc3ccccc3F)C2)nc1)c1sc(N2CCC(c3ccccc3)CC2)nc1C(F)(F)F. The number of carbonyl (C=O) groups is 2. The highest BCUT2D eigenvalue weighted by molar-refractivity contribution is 7.17. The fourth-order valence-electron chi connectivity index (χ4n) is 6.06. The van der Waals surface area contributed by atoms with E-state index in [0.717, 1.165) is 24.2 Å². The zero-order valence-electron chi connectivity index (χ0n) is 25.0. The van der Waals surface area contributed by atoms with Crippen LogP contribution in [0.3, 0.4) is 0 Å². The molecule has 1 atom stereocenters. The van der Waals surface area contributed by atoms with Gasteiger partial charge in [-0.15, -0.1) is 0 Å². The standard InChI is InChI=1S/C34H33F4N5O2S/c35-27-9-5-4-8-25(27)19-30(45)43-17-14-26(21-43)40-29-11-10-22(20-39-29)18-28(44)31-32(34(36,37)38)41-33(46-31)42-15-12-24(13-16-42)23-6-2-1-3-7-23/h1-11,20,24,26H,12-19,21H2,(H,39,40)/t26-/m0/s1. The van der Waals surface area contributed by atoms with Crippen molar-refractivity contribution >= 4 is 34.0 Å². The molecule has 4 heterocycles. The van der Waals surface area contributed by atoms with Gasteiger partial charge >= 0.3 is 6.18 Å². The van der Waals surface area contributed by atoms with Crippen LogP contribution in [0, 0.1) is 5.82 Å². The minimum atomic E-state index is -4.75. The molecule has 240 valence electrons. The number of alkyl halides is 3. The molecular formula is C34H33F4N5O2S. The van der Waals surface area contributed by atoms with E-state index in [0.29, 0.717) is 55.5 Å². The summed E-state index contributed by atoms with van der Waals surface area (Å²) in [7, 11) is 0. The van der Waals surface area contributed by atoms with E-state index in [1.807, 2.05) is 23.1 Å². The van der Waals surface area contributed by atoms with Gasteiger partial charge in [-0.1, -0.05) is 65.9 Å². The highest BCUT2D eigenvalue weighted by Crippen LogP contribution is 2.40. The van der Waals surface area contributed by atoms with E-state index >= 15 is 0 Å². The number of nitrogens with zero attached hydrogens (tertiary/aromatic N) is 4. The number of aromatic nitrogens is 2. The van der Waals surface area contributed by atoms with E-state index in [2.05, 4.69) is 27.4 Å². The van der Waals surface area contributed by atoms with Crippen LogP contribution in [0.4, 0.5) is 28.5 Å². The van der Waals surface area contributed by atoms with Crippen molar-refractivity contribution in [3.63, 3.8) is 0 Å². The van der Waals surface area contributed by atoms with Gasteiger partial charge in [-0.2, -0.15) is 13.2 Å². The summed E-state index contributed by atoms with van der Waals surface area (Å²) in [4.78, 5) is 37.3. The molecule has 2 aliphatic heterocycles. The van der Waals surface area contributed by atoms with E-state index in [-0.39, 0.29) is 34.8 Å². The van der Waals surface area contributed by atoms with Gasteiger partial charge in [0.2, 0.25) is 5.91 Å². The second-order valence-corrected chi connectivity index (χ2v) is 12.7. The predicted molar refractivity (Wildman–Crippen MR) is 169 cm³/mol. The number of thiazole rings is 1. The van der Waals surface area contributed by atoms with Crippen LogP contribution in [0.25, 0.3) is 0 Å². The summed E-state index contributed by atoms with van der Waals surface area (Å²) >= 11 is 0.805. The molecule has 46 heavy (non-hydrogen) atoms. The number of piperidine rings is 1. The Bertz CT molecular complexity index is 1670. The number of halogens is 4. The molecule has 1 N–H and O–H groups in total. The molecule has 0 bridgehead atoms. The Morgan fingerprint density at radius 1 is 0.913 bits per heavy atom. The van der Waals surface area contributed by atoms with E-state index in [1.54, 1.807) is 35.2 Å². The van der Waals surface area contributed by atoms with Gasteiger partial charge in [-0.05, 0) is 54.0 Å². The Morgan fingerprint density at radius 3 is 2.35 bits per heavy atom. The van der Waals surface area contributed by atoms with E-state index in [1.165, 1.54) is 17.8 Å². The second-order valence-electron chi connectivity index (χ2n) is 11.7. The molecular weight excluding hydrogens is 618 g/mol. The molecule has 2 aromatic heterocycles. The molecule has 2 aromatic carbocycles. The molecule has 0 radical (unpaired) electrons. The molecule has 4 aromatic rings. The summed E-state index contributed by atoms with van der Waals surface area (Å²) in [5.74, 6) is -0.349. The van der Waals surface area contributed by atoms with Crippen LogP contribution in [0.5, 0.6) is 0 Å². The minimum absolute atomic E-state index is 0.00949. The number of Topliss-reactive ketones (excluding diaryl/α,β-unsaturated/α-hetero) is 1. The molecule has 2 saturated heterocycles. The Labute approximate surface area is 268 Å². The maximum Gasteiger partial charge on any atom is 0.435 e. The number of rotatable bonds is 9. The van der Waals surface area contributed by atoms with Crippen molar-refractivity contribution in [1.29, 1.82) is 0 Å². The number of ketones is 1. The van der Waals surface area contributed by atoms with Crippen LogP contribution >= 0.6 is 11.3 Å². The lowest BCUT2D eigenvalue weighted by molar-refractivity contribution is -0.141. The highest BCUT2D eigenvalue weighted by Gasteiger charge is 2.40. The van der Waals surface area contributed by atoms with Gasteiger partial charge in [-0.3, -0.25) is 9.59 Å². The molecule has 1 amide bonds. The number of likely N-dealkylation sites (tertiary alicyclic amines) is 1. The molecule has 6 rings (SSSR count). The molecule has 0 unspecified atom stereocenters. The fourth-order valence-corrected chi connectivity index (χ4v) is 7.14. The monoisotopic (exact) mass is 651 g/mol. The number of nitrogens with one attached hydrogen (secondary N) is 1. The first kappa shape index (κ1) is 31.7. The van der Waals surface area contributed by atoms with Gasteiger partial charge in [0.05, 0.1) is 6.42 Å². The lowest BCUT2D eigenvalue weighted by Gasteiger charge is -2.32. The second kappa shape index (κ2) is 13.6. The van der Waals surface area contributed by atoms with E-state index in [4.69, 9.17) is 0 Å². The van der Waals surface area contributed by atoms with Gasteiger partial charge in [0.1, 0.15) is 16.5 Å². The van der Waals surface area contributed by atoms with Crippen LogP contribution in [0.15, 0.2) is 72.9 Å². The Kier molecular flexibility index (Phi) is 9.34. The molecule has 2 fully saturated rings. The Morgan fingerprint density at radius 2 is 1.65 bits per heavy atom. The van der Waals surface area contributed by atoms with Crippen molar-refractivity contribution in [2.45, 2.75) is 50.2 Å². The van der Waals surface area contributed by atoms with Crippen molar-refractivity contribution in [2.24, 2.45) is 0 Å². The van der Waals surface area contributed by atoms with Crippen LogP contribution in [0.2, 0.25) is 0 Å². The Hall–Kier alpha value is -4.32. The third kappa shape index (κ3) is 7.38. The van der Waals surface area contributed by atoms with Gasteiger partial charge in [-0.25, -0.2) is 14.4 Å². The van der Waals surface area contributed by atoms with Crippen molar-refractivity contribution in [3.05, 3.63) is 106 Å². The minimum Gasteiger partial charge on any atom is -0.365 e. The summed E-state index contributed by atoms with van der Waals surface area (Å²) < 4.78 is 55.9. The number of amides is 1. The topological polar surface area (TPSA) is 78.4 Å². The van der Waals surface area contributed by atoms with Gasteiger partial charge in [0.25, 0.3) is 0 Å². The smallest absolute Gasteiger partial charge is 0.365 e. The number of benzene rings is 2. The van der Waals surface area contributed by atoms with Crippen LogP contribution in [0.1, 0.15) is 57.2 Å². The number of carbonyl (C=O) groups excluding carboxylic acids is 2. The van der Waals surface area contributed by atoms with Crippen LogP contribution in [-0.4, -0.2) is 58.8 Å². The predicted octanol–water partition coefficient (Wildman–Crippen LogP) is 6.76. The first-order valence-electron chi connectivity index (χ1n) is 15.3. The summed E-state index contributed by atoms with van der Waals surface area (Å²) in [5.41, 5.74) is 0.927. The molecule has 2 aliphatic rings. The normalized spacial score (nSPS) is 17.3. The maximum absolute atomic E-state index is 14.0. The first-order valence-corrected chi connectivity index (χ1v) is 16.1. The van der Waals surface area contributed by atoms with Crippen LogP contribution in [-0.2, 0) is 23.8 Å². The lowest BCUT2D eigenvalue weighted by Crippen LogP contribution is -2.33. The average molecular weight is 652 g/mol. The molecule has 7 nitrogen and oxygen atoms in total. The van der Waals surface area contributed by atoms with Crippen LogP contribution < -0.4 is 10.2 Å². The summed E-state index contributed by atoms with van der Waals surface area (Å²) in [5, 5.41) is 3.49. The average Bonchev–Trinajstić information content (AvgIpc) is 3.72. The third-order valence-corrected chi connectivity index (χ3v) is 9.71. The number of hydrogen-bond donors (Lipinski definition) is 1. The van der Waals surface area contributed by atoms with Gasteiger partial charge < -0.3 is 15.1 Å². The van der Waals surface area contributed by atoms with Crippen molar-refractivity contribution in [3.8, 4) is 0 Å². The molecule has 0 saturated carbocycles. The first-order chi connectivity index (χ1) is 22.1. The number of anilines is 2. The van der Waals surface area contributed by atoms with Crippen molar-refractivity contribution in [1.82, 2.24) is 14.9 Å². The molecule has 0 aliphatic carbocycles. The van der Waals surface area contributed by atoms with E-state index in [9.17, 15) is 27.2 Å². The fraction of sp³-hybridized carbons (Fsp3) is 0.353. The summed E-state index contributed by atoms with van der Waals surface area (Å²) in [6.45, 7) is 2.10. The number of hydrogen-bond acceptors (Lipinski definition) is 7. The maximum atomic E-state index is 14.0. The number of pyridine rings is 1. The lowest BCUT2D eigenvalue weighted by atomic mass is 9.90. The van der Waals surface area contributed by atoms with Crippen molar-refractivity contribution < 1.29 is 27.2 Å². The van der Waals surface area contributed by atoms with Crippen molar-refractivity contribution in [2.75, 3.05) is 36.4 Å². The molecule has 0 spiro atoms. The Balaban J connectivity index is 1.05. The largest absolute Gasteiger partial charge is 0.435 e.